The third-order valence-corrected chi connectivity index (χ3v) is 3.50. The molecule has 18 heavy (non-hydrogen) atoms. The molecular weight excluding hydrogens is 231 g/mol. The number of carbonyl (C=O) groups is 1. The highest BCUT2D eigenvalue weighted by Gasteiger charge is 2.27. The van der Waals surface area contributed by atoms with Crippen molar-refractivity contribution >= 4 is 5.91 Å². The second-order valence-electron chi connectivity index (χ2n) is 4.97. The minimum atomic E-state index is -0.437. The molecule has 3 nitrogen and oxygen atoms in total. The molecule has 0 saturated carbocycles. The molecule has 1 aliphatic rings. The van der Waals surface area contributed by atoms with E-state index < -0.39 is 5.82 Å². The highest BCUT2D eigenvalue weighted by atomic mass is 19.1. The van der Waals surface area contributed by atoms with Crippen LogP contribution in [0.3, 0.4) is 0 Å². The van der Waals surface area contributed by atoms with Gasteiger partial charge < -0.3 is 10.6 Å². The average Bonchev–Trinajstić information content (AvgIpc) is 2.80. The summed E-state index contributed by atoms with van der Waals surface area (Å²) >= 11 is 0. The number of aryl methyl sites for hydroxylation is 1. The first-order valence-electron chi connectivity index (χ1n) is 6.37. The monoisotopic (exact) mass is 250 g/mol. The van der Waals surface area contributed by atoms with E-state index in [-0.39, 0.29) is 11.5 Å². The molecule has 2 rings (SSSR count). The Hall–Kier alpha value is -1.42. The Morgan fingerprint density at radius 2 is 2.33 bits per heavy atom. The molecule has 1 aliphatic heterocycles. The van der Waals surface area contributed by atoms with Crippen LogP contribution in [0, 0.1) is 18.7 Å². The van der Waals surface area contributed by atoms with Crippen molar-refractivity contribution in [2.24, 2.45) is 11.7 Å². The Labute approximate surface area is 107 Å². The molecule has 1 atom stereocenters. The highest BCUT2D eigenvalue weighted by molar-refractivity contribution is 5.94. The van der Waals surface area contributed by atoms with Crippen molar-refractivity contribution in [1.82, 2.24) is 4.90 Å². The number of rotatable bonds is 3. The van der Waals surface area contributed by atoms with Gasteiger partial charge in [0.15, 0.2) is 0 Å². The normalized spacial score (nSPS) is 19.3. The van der Waals surface area contributed by atoms with Gasteiger partial charge >= 0.3 is 0 Å². The van der Waals surface area contributed by atoms with Crippen molar-refractivity contribution in [3.8, 4) is 0 Å². The fourth-order valence-corrected chi connectivity index (χ4v) is 2.46. The van der Waals surface area contributed by atoms with E-state index in [0.717, 1.165) is 18.4 Å². The van der Waals surface area contributed by atoms with Crippen LogP contribution in [-0.2, 0) is 0 Å². The lowest BCUT2D eigenvalue weighted by Gasteiger charge is -2.17. The van der Waals surface area contributed by atoms with E-state index in [1.807, 2.05) is 6.92 Å². The fraction of sp³-hybridized carbons (Fsp3) is 0.500. The Balaban J connectivity index is 2.10. The van der Waals surface area contributed by atoms with E-state index >= 15 is 0 Å². The summed E-state index contributed by atoms with van der Waals surface area (Å²) < 4.78 is 13.7. The molecule has 0 aliphatic carbocycles. The quantitative estimate of drug-likeness (QED) is 0.891. The van der Waals surface area contributed by atoms with E-state index in [1.54, 1.807) is 17.0 Å². The van der Waals surface area contributed by atoms with Crippen LogP contribution < -0.4 is 5.73 Å². The minimum Gasteiger partial charge on any atom is -0.338 e. The molecule has 1 saturated heterocycles. The maximum atomic E-state index is 13.7. The highest BCUT2D eigenvalue weighted by Crippen LogP contribution is 2.22. The zero-order chi connectivity index (χ0) is 13.1. The summed E-state index contributed by atoms with van der Waals surface area (Å²) in [6.07, 6.45) is 1.90. The summed E-state index contributed by atoms with van der Waals surface area (Å²) in [5.41, 5.74) is 6.61. The lowest BCUT2D eigenvalue weighted by molar-refractivity contribution is 0.0782. The van der Waals surface area contributed by atoms with E-state index in [2.05, 4.69) is 0 Å². The first-order valence-corrected chi connectivity index (χ1v) is 6.37. The molecule has 1 aromatic rings. The van der Waals surface area contributed by atoms with Gasteiger partial charge in [0.25, 0.3) is 5.91 Å². The summed E-state index contributed by atoms with van der Waals surface area (Å²) in [6, 6.07) is 4.65. The standard InChI is InChI=1S/C14H19FN2O/c1-10-2-3-13(15)12(8-10)14(18)17-7-5-11(9-17)4-6-16/h2-3,8,11H,4-7,9,16H2,1H3. The Morgan fingerprint density at radius 3 is 3.06 bits per heavy atom. The van der Waals surface area contributed by atoms with Crippen molar-refractivity contribution in [2.45, 2.75) is 19.8 Å². The molecule has 0 radical (unpaired) electrons. The molecule has 1 heterocycles. The molecule has 4 heteroatoms. The smallest absolute Gasteiger partial charge is 0.256 e. The Kier molecular flexibility index (Phi) is 3.97. The number of benzene rings is 1. The van der Waals surface area contributed by atoms with Gasteiger partial charge in [-0.05, 0) is 44.4 Å². The number of carbonyl (C=O) groups excluding carboxylic acids is 1. The van der Waals surface area contributed by atoms with Gasteiger partial charge in [0.05, 0.1) is 5.56 Å². The van der Waals surface area contributed by atoms with Gasteiger partial charge in [0.1, 0.15) is 5.82 Å². The van der Waals surface area contributed by atoms with Crippen LogP contribution in [-0.4, -0.2) is 30.4 Å². The Morgan fingerprint density at radius 1 is 1.56 bits per heavy atom. The number of hydrogen-bond acceptors (Lipinski definition) is 2. The van der Waals surface area contributed by atoms with Crippen molar-refractivity contribution in [3.05, 3.63) is 35.1 Å². The van der Waals surface area contributed by atoms with E-state index in [1.165, 1.54) is 6.07 Å². The van der Waals surface area contributed by atoms with Crippen LogP contribution in [0.5, 0.6) is 0 Å². The molecule has 0 spiro atoms. The van der Waals surface area contributed by atoms with Crippen LogP contribution in [0.4, 0.5) is 4.39 Å². The molecule has 1 aromatic carbocycles. The lowest BCUT2D eigenvalue weighted by Crippen LogP contribution is -2.29. The SMILES string of the molecule is Cc1ccc(F)c(C(=O)N2CCC(CCN)C2)c1. The second kappa shape index (κ2) is 5.48. The molecule has 1 unspecified atom stereocenters. The molecule has 0 aromatic heterocycles. The van der Waals surface area contributed by atoms with E-state index in [9.17, 15) is 9.18 Å². The number of hydrogen-bond donors (Lipinski definition) is 1. The third kappa shape index (κ3) is 2.70. The predicted octanol–water partition coefficient (Wildman–Crippen LogP) is 1.95. The summed E-state index contributed by atoms with van der Waals surface area (Å²) in [5.74, 6) is -0.171. The average molecular weight is 250 g/mol. The Bertz CT molecular complexity index is 447. The lowest BCUT2D eigenvalue weighted by atomic mass is 10.1. The molecular formula is C14H19FN2O. The largest absolute Gasteiger partial charge is 0.338 e. The van der Waals surface area contributed by atoms with Crippen LogP contribution in [0.25, 0.3) is 0 Å². The number of nitrogens with zero attached hydrogens (tertiary/aromatic N) is 1. The van der Waals surface area contributed by atoms with Crippen molar-refractivity contribution in [3.63, 3.8) is 0 Å². The number of halogens is 1. The fourth-order valence-electron chi connectivity index (χ4n) is 2.46. The molecule has 98 valence electrons. The minimum absolute atomic E-state index is 0.184. The van der Waals surface area contributed by atoms with Crippen LogP contribution in [0.15, 0.2) is 18.2 Å². The van der Waals surface area contributed by atoms with Crippen molar-refractivity contribution < 1.29 is 9.18 Å². The van der Waals surface area contributed by atoms with Gasteiger partial charge in [-0.15, -0.1) is 0 Å². The summed E-state index contributed by atoms with van der Waals surface area (Å²) in [5, 5.41) is 0. The number of likely N-dealkylation sites (tertiary alicyclic amines) is 1. The molecule has 2 N–H and O–H groups in total. The number of amides is 1. The van der Waals surface area contributed by atoms with E-state index in [4.69, 9.17) is 5.73 Å². The van der Waals surface area contributed by atoms with Gasteiger partial charge in [-0.1, -0.05) is 11.6 Å². The zero-order valence-corrected chi connectivity index (χ0v) is 10.7. The maximum Gasteiger partial charge on any atom is 0.256 e. The first kappa shape index (κ1) is 13.0. The topological polar surface area (TPSA) is 46.3 Å². The van der Waals surface area contributed by atoms with Gasteiger partial charge in [0, 0.05) is 13.1 Å². The summed E-state index contributed by atoms with van der Waals surface area (Å²) in [4.78, 5) is 14.0. The van der Waals surface area contributed by atoms with Gasteiger partial charge in [-0.25, -0.2) is 4.39 Å². The van der Waals surface area contributed by atoms with Crippen molar-refractivity contribution in [2.75, 3.05) is 19.6 Å². The van der Waals surface area contributed by atoms with Gasteiger partial charge in [-0.2, -0.15) is 0 Å². The first-order chi connectivity index (χ1) is 8.61. The molecule has 1 fully saturated rings. The third-order valence-electron chi connectivity index (χ3n) is 3.50. The van der Waals surface area contributed by atoms with Crippen molar-refractivity contribution in [1.29, 1.82) is 0 Å². The summed E-state index contributed by atoms with van der Waals surface area (Å²) in [7, 11) is 0. The number of nitrogens with two attached hydrogens (primary N) is 1. The van der Waals surface area contributed by atoms with Crippen LogP contribution in [0.2, 0.25) is 0 Å². The maximum absolute atomic E-state index is 13.7. The van der Waals surface area contributed by atoms with Crippen LogP contribution >= 0.6 is 0 Å². The zero-order valence-electron chi connectivity index (χ0n) is 10.7. The van der Waals surface area contributed by atoms with Gasteiger partial charge in [-0.3, -0.25) is 4.79 Å². The van der Waals surface area contributed by atoms with Crippen LogP contribution in [0.1, 0.15) is 28.8 Å². The van der Waals surface area contributed by atoms with Gasteiger partial charge in [0.2, 0.25) is 0 Å². The molecule has 1 amide bonds. The second-order valence-corrected chi connectivity index (χ2v) is 4.97. The van der Waals surface area contributed by atoms with E-state index in [0.29, 0.717) is 25.6 Å². The molecule has 0 bridgehead atoms. The predicted molar refractivity (Wildman–Crippen MR) is 68.8 cm³/mol. The summed E-state index contributed by atoms with van der Waals surface area (Å²) in [6.45, 7) is 3.91.